The van der Waals surface area contributed by atoms with E-state index in [9.17, 15) is 4.79 Å². The highest BCUT2D eigenvalue weighted by molar-refractivity contribution is 5.79. The molecule has 0 aliphatic heterocycles. The summed E-state index contributed by atoms with van der Waals surface area (Å²) in [4.78, 5) is 31.3. The van der Waals surface area contributed by atoms with Crippen molar-refractivity contribution in [2.24, 2.45) is 0 Å². The highest BCUT2D eigenvalue weighted by Gasteiger charge is 2.09. The number of anilines is 1. The Hall–Kier alpha value is -3.48. The second-order valence-electron chi connectivity index (χ2n) is 6.72. The molecule has 0 spiro atoms. The average Bonchev–Trinajstić information content (AvgIpc) is 3.05. The second-order valence-corrected chi connectivity index (χ2v) is 6.72. The predicted molar refractivity (Wildman–Crippen MR) is 106 cm³/mol. The molecule has 0 amide bonds. The van der Waals surface area contributed by atoms with Crippen LogP contribution in [0.5, 0.6) is 0 Å². The second kappa shape index (κ2) is 7.03. The molecule has 0 aliphatic rings. The van der Waals surface area contributed by atoms with Crippen LogP contribution in [0, 0.1) is 0 Å². The standard InChI is InChI=1S/C20H20N6O/c1-12(2)25-20-24-11-16(19(27)26-20)17-6-5-13(9-22-17)8-14-10-23-18-15(14)4-3-7-21-18/h3-7,9-12H,8H2,1-2H3,(H,21,23)(H2,24,25,26,27). The van der Waals surface area contributed by atoms with Crippen molar-refractivity contribution in [3.63, 3.8) is 0 Å². The van der Waals surface area contributed by atoms with Gasteiger partial charge in [0.1, 0.15) is 5.65 Å². The monoisotopic (exact) mass is 360 g/mol. The predicted octanol–water partition coefficient (Wildman–Crippen LogP) is 3.12. The Kier molecular flexibility index (Phi) is 4.42. The Balaban J connectivity index is 1.56. The zero-order valence-corrected chi connectivity index (χ0v) is 15.2. The lowest BCUT2D eigenvalue weighted by Crippen LogP contribution is -2.18. The summed E-state index contributed by atoms with van der Waals surface area (Å²) in [5.74, 6) is 0.461. The number of aromatic amines is 2. The molecule has 27 heavy (non-hydrogen) atoms. The van der Waals surface area contributed by atoms with Crippen LogP contribution in [0.2, 0.25) is 0 Å². The highest BCUT2D eigenvalue weighted by atomic mass is 16.1. The van der Waals surface area contributed by atoms with Crippen molar-refractivity contribution in [1.29, 1.82) is 0 Å². The van der Waals surface area contributed by atoms with Gasteiger partial charge >= 0.3 is 0 Å². The van der Waals surface area contributed by atoms with Gasteiger partial charge in [-0.1, -0.05) is 6.07 Å². The lowest BCUT2D eigenvalue weighted by atomic mass is 10.1. The van der Waals surface area contributed by atoms with E-state index in [0.29, 0.717) is 17.2 Å². The number of aromatic nitrogens is 5. The maximum Gasteiger partial charge on any atom is 0.261 e. The van der Waals surface area contributed by atoms with E-state index < -0.39 is 0 Å². The van der Waals surface area contributed by atoms with Gasteiger partial charge in [0.2, 0.25) is 5.95 Å². The Morgan fingerprint density at radius 1 is 1.11 bits per heavy atom. The first kappa shape index (κ1) is 17.0. The zero-order chi connectivity index (χ0) is 18.8. The van der Waals surface area contributed by atoms with Gasteiger partial charge < -0.3 is 10.3 Å². The van der Waals surface area contributed by atoms with Crippen LogP contribution in [0.4, 0.5) is 5.95 Å². The maximum atomic E-state index is 12.3. The molecule has 0 aliphatic carbocycles. The third-order valence-electron chi connectivity index (χ3n) is 4.26. The summed E-state index contributed by atoms with van der Waals surface area (Å²) in [6.45, 7) is 3.97. The quantitative estimate of drug-likeness (QED) is 0.508. The van der Waals surface area contributed by atoms with E-state index in [1.165, 1.54) is 0 Å². The van der Waals surface area contributed by atoms with Crippen molar-refractivity contribution in [3.8, 4) is 11.3 Å². The number of hydrogen-bond donors (Lipinski definition) is 3. The molecule has 4 heterocycles. The molecule has 0 aromatic carbocycles. The fraction of sp³-hybridized carbons (Fsp3) is 0.200. The van der Waals surface area contributed by atoms with Crippen molar-refractivity contribution >= 4 is 17.0 Å². The number of hydrogen-bond acceptors (Lipinski definition) is 5. The summed E-state index contributed by atoms with van der Waals surface area (Å²) < 4.78 is 0. The maximum absolute atomic E-state index is 12.3. The van der Waals surface area contributed by atoms with Gasteiger partial charge in [-0.05, 0) is 43.2 Å². The molecular formula is C20H20N6O. The Morgan fingerprint density at radius 2 is 2.00 bits per heavy atom. The van der Waals surface area contributed by atoms with Gasteiger partial charge in [-0.2, -0.15) is 0 Å². The van der Waals surface area contributed by atoms with Crippen LogP contribution >= 0.6 is 0 Å². The van der Waals surface area contributed by atoms with Crippen molar-refractivity contribution in [2.75, 3.05) is 5.32 Å². The van der Waals surface area contributed by atoms with Gasteiger partial charge in [-0.25, -0.2) is 9.97 Å². The van der Waals surface area contributed by atoms with Gasteiger partial charge in [0, 0.05) is 42.6 Å². The molecule has 0 unspecified atom stereocenters. The first-order chi connectivity index (χ1) is 13.1. The van der Waals surface area contributed by atoms with Gasteiger partial charge in [-0.15, -0.1) is 0 Å². The minimum atomic E-state index is -0.212. The number of fused-ring (bicyclic) bond motifs is 1. The average molecular weight is 360 g/mol. The van der Waals surface area contributed by atoms with Crippen LogP contribution in [0.15, 0.2) is 53.8 Å². The number of H-pyrrole nitrogens is 2. The van der Waals surface area contributed by atoms with E-state index in [-0.39, 0.29) is 11.6 Å². The number of nitrogens with one attached hydrogen (secondary N) is 3. The zero-order valence-electron chi connectivity index (χ0n) is 15.2. The minimum absolute atomic E-state index is 0.191. The van der Waals surface area contributed by atoms with Gasteiger partial charge in [0.15, 0.2) is 0 Å². The van der Waals surface area contributed by atoms with Crippen molar-refractivity contribution in [1.82, 2.24) is 24.9 Å². The lowest BCUT2D eigenvalue weighted by Gasteiger charge is -2.09. The van der Waals surface area contributed by atoms with Crippen LogP contribution in [0.1, 0.15) is 25.0 Å². The van der Waals surface area contributed by atoms with E-state index in [4.69, 9.17) is 0 Å². The minimum Gasteiger partial charge on any atom is -0.354 e. The first-order valence-electron chi connectivity index (χ1n) is 8.82. The van der Waals surface area contributed by atoms with Crippen molar-refractivity contribution in [2.45, 2.75) is 26.3 Å². The molecule has 4 aromatic heterocycles. The summed E-state index contributed by atoms with van der Waals surface area (Å²) in [7, 11) is 0. The molecular weight excluding hydrogens is 340 g/mol. The topological polar surface area (TPSA) is 99.3 Å². The molecule has 4 aromatic rings. The van der Waals surface area contributed by atoms with E-state index >= 15 is 0 Å². The van der Waals surface area contributed by atoms with Crippen molar-refractivity contribution in [3.05, 3.63) is 70.5 Å². The van der Waals surface area contributed by atoms with Crippen LogP contribution in [-0.2, 0) is 6.42 Å². The molecule has 0 radical (unpaired) electrons. The molecule has 0 bridgehead atoms. The SMILES string of the molecule is CC(C)Nc1ncc(-c2ccc(Cc3c[nH]c4ncccc34)cn2)c(=O)[nH]1. The number of pyridine rings is 2. The van der Waals surface area contributed by atoms with Crippen LogP contribution in [0.3, 0.4) is 0 Å². The normalized spacial score (nSPS) is 11.2. The molecule has 136 valence electrons. The molecule has 0 saturated heterocycles. The Bertz CT molecular complexity index is 1130. The van der Waals surface area contributed by atoms with E-state index in [0.717, 1.165) is 28.6 Å². The summed E-state index contributed by atoms with van der Waals surface area (Å²) in [5.41, 5.74) is 3.94. The van der Waals surface area contributed by atoms with Crippen molar-refractivity contribution < 1.29 is 0 Å². The lowest BCUT2D eigenvalue weighted by molar-refractivity contribution is 0.871. The molecule has 0 saturated carbocycles. The van der Waals surface area contributed by atoms with E-state index in [2.05, 4.69) is 30.2 Å². The Morgan fingerprint density at radius 3 is 2.74 bits per heavy atom. The highest BCUT2D eigenvalue weighted by Crippen LogP contribution is 2.20. The molecule has 0 fully saturated rings. The summed E-state index contributed by atoms with van der Waals surface area (Å²) in [6, 6.07) is 8.00. The smallest absolute Gasteiger partial charge is 0.261 e. The molecule has 3 N–H and O–H groups in total. The fourth-order valence-corrected chi connectivity index (χ4v) is 2.99. The van der Waals surface area contributed by atoms with E-state index in [1.807, 2.05) is 44.3 Å². The van der Waals surface area contributed by atoms with Crippen LogP contribution in [0.25, 0.3) is 22.3 Å². The molecule has 0 atom stereocenters. The first-order valence-corrected chi connectivity index (χ1v) is 8.82. The van der Waals surface area contributed by atoms with Gasteiger partial charge in [-0.3, -0.25) is 14.8 Å². The van der Waals surface area contributed by atoms with E-state index in [1.54, 1.807) is 18.6 Å². The third kappa shape index (κ3) is 3.57. The summed E-state index contributed by atoms with van der Waals surface area (Å²) in [5, 5.41) is 4.18. The summed E-state index contributed by atoms with van der Waals surface area (Å²) in [6.07, 6.45) is 7.83. The molecule has 4 rings (SSSR count). The van der Waals surface area contributed by atoms with Gasteiger partial charge in [0.05, 0.1) is 11.3 Å². The number of nitrogens with zero attached hydrogens (tertiary/aromatic N) is 3. The largest absolute Gasteiger partial charge is 0.354 e. The molecule has 7 heteroatoms. The van der Waals surface area contributed by atoms with Crippen LogP contribution < -0.4 is 10.9 Å². The summed E-state index contributed by atoms with van der Waals surface area (Å²) >= 11 is 0. The molecule has 7 nitrogen and oxygen atoms in total. The fourth-order valence-electron chi connectivity index (χ4n) is 2.99. The van der Waals surface area contributed by atoms with Crippen LogP contribution in [-0.4, -0.2) is 31.0 Å². The van der Waals surface area contributed by atoms with Gasteiger partial charge in [0.25, 0.3) is 5.56 Å². The third-order valence-corrected chi connectivity index (χ3v) is 4.26. The Labute approximate surface area is 155 Å². The number of rotatable bonds is 5.